The van der Waals surface area contributed by atoms with Crippen LogP contribution in [0.3, 0.4) is 0 Å². The number of allylic oxidation sites excluding steroid dienone is 2. The van der Waals surface area contributed by atoms with Gasteiger partial charge in [-0.15, -0.1) is 0 Å². The normalized spacial score (nSPS) is 14.2. The number of aliphatic hydroxyl groups is 2. The largest absolute Gasteiger partial charge is 0.393 e. The van der Waals surface area contributed by atoms with Gasteiger partial charge in [0, 0.05) is 0 Å². The van der Waals surface area contributed by atoms with Gasteiger partial charge in [-0.25, -0.2) is 0 Å². The van der Waals surface area contributed by atoms with Gasteiger partial charge < -0.3 is 10.2 Å². The third kappa shape index (κ3) is 3.59. The second-order valence-corrected chi connectivity index (χ2v) is 1.37. The van der Waals surface area contributed by atoms with E-state index in [-0.39, 0.29) is 6.61 Å². The summed E-state index contributed by atoms with van der Waals surface area (Å²) in [6.45, 7) is 3.16. The lowest BCUT2D eigenvalue weighted by molar-refractivity contribution is 0.131. The molecule has 1 unspecified atom stereocenters. The molecular weight excluding hydrogens is 104 g/mol. The first-order valence-corrected chi connectivity index (χ1v) is 2.39. The smallest absolute Gasteiger partial charge is 0.0954 e. The van der Waals surface area contributed by atoms with E-state index < -0.39 is 6.10 Å². The second kappa shape index (κ2) is 4.56. The molecule has 0 amide bonds. The number of hydrogen-bond acceptors (Lipinski definition) is 2. The quantitative estimate of drug-likeness (QED) is 0.510. The molecule has 0 aromatic heterocycles. The van der Waals surface area contributed by atoms with Crippen molar-refractivity contribution in [3.63, 3.8) is 0 Å². The van der Waals surface area contributed by atoms with Gasteiger partial charge >= 0.3 is 0 Å². The van der Waals surface area contributed by atoms with Crippen molar-refractivity contribution in [1.82, 2.24) is 0 Å². The van der Waals surface area contributed by atoms with Crippen molar-refractivity contribution in [2.24, 2.45) is 0 Å². The summed E-state index contributed by atoms with van der Waals surface area (Å²) in [5.74, 6) is 0. The van der Waals surface area contributed by atoms with E-state index in [1.807, 2.05) is 0 Å². The van der Waals surface area contributed by atoms with Gasteiger partial charge in [-0.2, -0.15) is 0 Å². The zero-order valence-corrected chi connectivity index (χ0v) is 4.62. The molecule has 0 aliphatic carbocycles. The molecule has 0 heterocycles. The summed E-state index contributed by atoms with van der Waals surface area (Å²) in [7, 11) is 0. The van der Waals surface area contributed by atoms with Crippen molar-refractivity contribution in [2.75, 3.05) is 6.61 Å². The van der Waals surface area contributed by atoms with E-state index in [0.717, 1.165) is 0 Å². The van der Waals surface area contributed by atoms with Crippen molar-refractivity contribution >= 4 is 0 Å². The van der Waals surface area contributed by atoms with Crippen LogP contribution in [0, 0.1) is 0 Å². The van der Waals surface area contributed by atoms with Crippen LogP contribution in [0.25, 0.3) is 0 Å². The topological polar surface area (TPSA) is 40.5 Å². The zero-order valence-electron chi connectivity index (χ0n) is 4.62. The Kier molecular flexibility index (Phi) is 4.21. The van der Waals surface area contributed by atoms with Gasteiger partial charge in [-0.1, -0.05) is 24.8 Å². The molecular formula is C6H10O2. The maximum atomic E-state index is 8.60. The van der Waals surface area contributed by atoms with Crippen molar-refractivity contribution in [3.05, 3.63) is 24.8 Å². The summed E-state index contributed by atoms with van der Waals surface area (Å²) in [6, 6.07) is 0. The van der Waals surface area contributed by atoms with Gasteiger partial charge in [-0.3, -0.25) is 0 Å². The van der Waals surface area contributed by atoms with E-state index in [1.165, 1.54) is 6.08 Å². The zero-order chi connectivity index (χ0) is 6.41. The van der Waals surface area contributed by atoms with Crippen molar-refractivity contribution < 1.29 is 10.2 Å². The maximum Gasteiger partial charge on any atom is 0.0954 e. The van der Waals surface area contributed by atoms with Crippen LogP contribution in [0.2, 0.25) is 0 Å². The fourth-order valence-electron chi connectivity index (χ4n) is 0.268. The van der Waals surface area contributed by atoms with Crippen LogP contribution in [-0.2, 0) is 0 Å². The minimum absolute atomic E-state index is 0.232. The van der Waals surface area contributed by atoms with Crippen molar-refractivity contribution in [1.29, 1.82) is 0 Å². The van der Waals surface area contributed by atoms with Crippen LogP contribution in [0.5, 0.6) is 0 Å². The Morgan fingerprint density at radius 2 is 2.25 bits per heavy atom. The highest BCUT2D eigenvalue weighted by Gasteiger charge is 1.89. The molecule has 46 valence electrons. The Bertz CT molecular complexity index is 86.5. The van der Waals surface area contributed by atoms with Crippen LogP contribution in [-0.4, -0.2) is 22.9 Å². The molecule has 0 fully saturated rings. The Hall–Kier alpha value is -0.600. The van der Waals surface area contributed by atoms with Gasteiger partial charge in [0.15, 0.2) is 0 Å². The average Bonchev–Trinajstić information content (AvgIpc) is 1.83. The highest BCUT2D eigenvalue weighted by atomic mass is 16.3. The van der Waals surface area contributed by atoms with Crippen LogP contribution >= 0.6 is 0 Å². The second-order valence-electron chi connectivity index (χ2n) is 1.37. The summed E-state index contributed by atoms with van der Waals surface area (Å²) < 4.78 is 0. The number of hydrogen-bond donors (Lipinski definition) is 2. The SMILES string of the molecule is C=C/C=C\C(O)CO. The minimum Gasteiger partial charge on any atom is -0.393 e. The van der Waals surface area contributed by atoms with Gasteiger partial charge in [0.1, 0.15) is 0 Å². The Morgan fingerprint density at radius 1 is 1.62 bits per heavy atom. The molecule has 0 aromatic carbocycles. The highest BCUT2D eigenvalue weighted by Crippen LogP contribution is 1.82. The number of rotatable bonds is 3. The molecule has 1 atom stereocenters. The van der Waals surface area contributed by atoms with Gasteiger partial charge in [0.2, 0.25) is 0 Å². The van der Waals surface area contributed by atoms with Crippen LogP contribution < -0.4 is 0 Å². The van der Waals surface area contributed by atoms with Crippen LogP contribution in [0.4, 0.5) is 0 Å². The first kappa shape index (κ1) is 7.40. The summed E-state index contributed by atoms with van der Waals surface area (Å²) in [4.78, 5) is 0. The standard InChI is InChI=1S/C6H10O2/c1-2-3-4-6(8)5-7/h2-4,6-8H,1,5H2/b4-3-. The van der Waals surface area contributed by atoms with E-state index >= 15 is 0 Å². The van der Waals surface area contributed by atoms with Crippen LogP contribution in [0.1, 0.15) is 0 Å². The first-order chi connectivity index (χ1) is 3.81. The predicted octanol–water partition coefficient (Wildman–Crippen LogP) is 0.0818. The Balaban J connectivity index is 3.35. The maximum absolute atomic E-state index is 8.60. The van der Waals surface area contributed by atoms with E-state index in [1.54, 1.807) is 12.2 Å². The summed E-state index contributed by atoms with van der Waals surface area (Å²) in [5, 5.41) is 16.8. The minimum atomic E-state index is -0.743. The highest BCUT2D eigenvalue weighted by molar-refractivity contribution is 5.00. The van der Waals surface area contributed by atoms with Crippen molar-refractivity contribution in [3.8, 4) is 0 Å². The van der Waals surface area contributed by atoms with Gasteiger partial charge in [0.05, 0.1) is 12.7 Å². The predicted molar refractivity (Wildman–Crippen MR) is 32.4 cm³/mol. The van der Waals surface area contributed by atoms with E-state index in [9.17, 15) is 0 Å². The third-order valence-electron chi connectivity index (χ3n) is 0.656. The lowest BCUT2D eigenvalue weighted by Gasteiger charge is -1.94. The molecule has 0 saturated heterocycles. The molecule has 0 saturated carbocycles. The molecule has 0 aliphatic rings. The van der Waals surface area contributed by atoms with E-state index in [4.69, 9.17) is 10.2 Å². The molecule has 0 radical (unpaired) electrons. The van der Waals surface area contributed by atoms with E-state index in [2.05, 4.69) is 6.58 Å². The monoisotopic (exact) mass is 114 g/mol. The molecule has 2 nitrogen and oxygen atoms in total. The fourth-order valence-corrected chi connectivity index (χ4v) is 0.268. The summed E-state index contributed by atoms with van der Waals surface area (Å²) >= 11 is 0. The molecule has 2 N–H and O–H groups in total. The Morgan fingerprint density at radius 3 is 2.62 bits per heavy atom. The van der Waals surface area contributed by atoms with Crippen molar-refractivity contribution in [2.45, 2.75) is 6.10 Å². The molecule has 8 heavy (non-hydrogen) atoms. The summed E-state index contributed by atoms with van der Waals surface area (Å²) in [6.07, 6.45) is 3.85. The molecule has 0 spiro atoms. The van der Waals surface area contributed by atoms with Crippen LogP contribution in [0.15, 0.2) is 24.8 Å². The van der Waals surface area contributed by atoms with Gasteiger partial charge in [0.25, 0.3) is 0 Å². The number of aliphatic hydroxyl groups excluding tert-OH is 2. The average molecular weight is 114 g/mol. The molecule has 0 bridgehead atoms. The van der Waals surface area contributed by atoms with E-state index in [0.29, 0.717) is 0 Å². The first-order valence-electron chi connectivity index (χ1n) is 2.39. The summed E-state index contributed by atoms with van der Waals surface area (Å²) in [5.41, 5.74) is 0. The molecule has 0 aliphatic heterocycles. The lowest BCUT2D eigenvalue weighted by Crippen LogP contribution is -2.06. The Labute approximate surface area is 48.8 Å². The fraction of sp³-hybridized carbons (Fsp3) is 0.333. The molecule has 2 heteroatoms. The molecule has 0 rings (SSSR count). The lowest BCUT2D eigenvalue weighted by atomic mass is 10.3. The van der Waals surface area contributed by atoms with Gasteiger partial charge in [-0.05, 0) is 0 Å². The molecule has 0 aromatic rings. The third-order valence-corrected chi connectivity index (χ3v) is 0.656.